The summed E-state index contributed by atoms with van der Waals surface area (Å²) in [4.78, 5) is 13.9. The van der Waals surface area contributed by atoms with Crippen molar-refractivity contribution in [2.45, 2.75) is 32.4 Å². The third kappa shape index (κ3) is 3.27. The van der Waals surface area contributed by atoms with E-state index in [4.69, 9.17) is 4.74 Å². The summed E-state index contributed by atoms with van der Waals surface area (Å²) in [6, 6.07) is 10.0. The Kier molecular flexibility index (Phi) is 4.37. The number of carbonyl (C=O) groups is 1. The van der Waals surface area contributed by atoms with E-state index in [0.717, 1.165) is 24.1 Å². The average molecular weight is 300 g/mol. The Hall–Kier alpha value is -2.37. The van der Waals surface area contributed by atoms with Gasteiger partial charge in [0.2, 0.25) is 0 Å². The van der Waals surface area contributed by atoms with Gasteiger partial charge < -0.3 is 9.64 Å². The van der Waals surface area contributed by atoms with Crippen molar-refractivity contribution in [3.05, 3.63) is 47.8 Å². The van der Waals surface area contributed by atoms with Crippen LogP contribution in [0.3, 0.4) is 0 Å². The molecule has 1 aliphatic rings. The second-order valence-corrected chi connectivity index (χ2v) is 5.58. The SMILES string of the molecule is Cc1cnnn1C1CCN(C(=O)OCc2ccccc2)CC1. The second kappa shape index (κ2) is 6.60. The molecule has 0 aliphatic carbocycles. The van der Waals surface area contributed by atoms with Crippen molar-refractivity contribution in [2.75, 3.05) is 13.1 Å². The van der Waals surface area contributed by atoms with E-state index in [1.54, 1.807) is 11.1 Å². The Morgan fingerprint density at radius 1 is 1.27 bits per heavy atom. The van der Waals surface area contributed by atoms with Crippen LogP contribution in [0.5, 0.6) is 0 Å². The number of hydrogen-bond donors (Lipinski definition) is 0. The molecular formula is C16H20N4O2. The van der Waals surface area contributed by atoms with E-state index in [2.05, 4.69) is 10.3 Å². The topological polar surface area (TPSA) is 60.2 Å². The van der Waals surface area contributed by atoms with Gasteiger partial charge in [-0.05, 0) is 25.3 Å². The van der Waals surface area contributed by atoms with Gasteiger partial charge in [0.05, 0.1) is 17.9 Å². The van der Waals surface area contributed by atoms with Gasteiger partial charge in [-0.3, -0.25) is 0 Å². The molecule has 0 saturated carbocycles. The minimum atomic E-state index is -0.238. The van der Waals surface area contributed by atoms with Crippen LogP contribution in [0.1, 0.15) is 30.1 Å². The fourth-order valence-electron chi connectivity index (χ4n) is 2.76. The standard InChI is InChI=1S/C16H20N4O2/c1-13-11-17-18-20(13)15-7-9-19(10-8-15)16(21)22-12-14-5-3-2-4-6-14/h2-6,11,15H,7-10,12H2,1H3. The van der Waals surface area contributed by atoms with Crippen molar-refractivity contribution >= 4 is 6.09 Å². The molecule has 0 spiro atoms. The molecule has 0 bridgehead atoms. The molecule has 1 aliphatic heterocycles. The van der Waals surface area contributed by atoms with E-state index in [9.17, 15) is 4.79 Å². The molecule has 6 nitrogen and oxygen atoms in total. The average Bonchev–Trinajstić information content (AvgIpc) is 3.00. The molecule has 0 unspecified atom stereocenters. The summed E-state index contributed by atoms with van der Waals surface area (Å²) < 4.78 is 7.32. The maximum absolute atomic E-state index is 12.1. The zero-order chi connectivity index (χ0) is 15.4. The first-order chi connectivity index (χ1) is 10.7. The first-order valence-electron chi connectivity index (χ1n) is 7.56. The van der Waals surface area contributed by atoms with Crippen LogP contribution >= 0.6 is 0 Å². The van der Waals surface area contributed by atoms with Crippen molar-refractivity contribution < 1.29 is 9.53 Å². The van der Waals surface area contributed by atoms with E-state index in [-0.39, 0.29) is 6.09 Å². The quantitative estimate of drug-likeness (QED) is 0.874. The van der Waals surface area contributed by atoms with Crippen molar-refractivity contribution in [2.24, 2.45) is 0 Å². The molecule has 1 aromatic heterocycles. The Morgan fingerprint density at radius 2 is 2.00 bits per heavy atom. The summed E-state index contributed by atoms with van der Waals surface area (Å²) in [5.74, 6) is 0. The lowest BCUT2D eigenvalue weighted by molar-refractivity contribution is 0.0818. The number of aromatic nitrogens is 3. The zero-order valence-corrected chi connectivity index (χ0v) is 12.7. The number of hydrogen-bond acceptors (Lipinski definition) is 4. The highest BCUT2D eigenvalue weighted by Crippen LogP contribution is 2.23. The fraction of sp³-hybridized carbons (Fsp3) is 0.438. The highest BCUT2D eigenvalue weighted by molar-refractivity contribution is 5.67. The number of benzene rings is 1. The normalized spacial score (nSPS) is 15.8. The Morgan fingerprint density at radius 3 is 2.64 bits per heavy atom. The molecular weight excluding hydrogens is 280 g/mol. The van der Waals surface area contributed by atoms with Crippen LogP contribution < -0.4 is 0 Å². The molecule has 0 atom stereocenters. The van der Waals surface area contributed by atoms with Gasteiger partial charge in [0.1, 0.15) is 6.61 Å². The molecule has 1 amide bonds. The van der Waals surface area contributed by atoms with Crippen molar-refractivity contribution in [1.29, 1.82) is 0 Å². The molecule has 22 heavy (non-hydrogen) atoms. The first kappa shape index (κ1) is 14.6. The molecule has 1 aromatic carbocycles. The van der Waals surface area contributed by atoms with Crippen molar-refractivity contribution in [3.63, 3.8) is 0 Å². The number of amides is 1. The number of aryl methyl sites for hydroxylation is 1. The van der Waals surface area contributed by atoms with Gasteiger partial charge in [0.25, 0.3) is 0 Å². The van der Waals surface area contributed by atoms with Crippen LogP contribution in [0.15, 0.2) is 36.5 Å². The van der Waals surface area contributed by atoms with Crippen LogP contribution in [0.25, 0.3) is 0 Å². The van der Waals surface area contributed by atoms with Gasteiger partial charge in [-0.25, -0.2) is 9.48 Å². The predicted molar refractivity (Wildman–Crippen MR) is 81.2 cm³/mol. The van der Waals surface area contributed by atoms with E-state index in [1.165, 1.54) is 0 Å². The third-order valence-corrected chi connectivity index (χ3v) is 4.03. The lowest BCUT2D eigenvalue weighted by Gasteiger charge is -2.31. The number of rotatable bonds is 3. The molecule has 0 N–H and O–H groups in total. The number of nitrogens with zero attached hydrogens (tertiary/aromatic N) is 4. The zero-order valence-electron chi connectivity index (χ0n) is 12.7. The molecule has 2 heterocycles. The maximum atomic E-state index is 12.1. The minimum Gasteiger partial charge on any atom is -0.445 e. The highest BCUT2D eigenvalue weighted by atomic mass is 16.6. The summed E-state index contributed by atoms with van der Waals surface area (Å²) in [5.41, 5.74) is 2.06. The molecule has 2 aromatic rings. The molecule has 0 radical (unpaired) electrons. The van der Waals surface area contributed by atoms with Gasteiger partial charge in [-0.2, -0.15) is 0 Å². The van der Waals surface area contributed by atoms with Crippen LogP contribution in [0.4, 0.5) is 4.79 Å². The van der Waals surface area contributed by atoms with Gasteiger partial charge in [-0.15, -0.1) is 5.10 Å². The lowest BCUT2D eigenvalue weighted by atomic mass is 10.1. The minimum absolute atomic E-state index is 0.238. The summed E-state index contributed by atoms with van der Waals surface area (Å²) in [6.07, 6.45) is 3.29. The summed E-state index contributed by atoms with van der Waals surface area (Å²) in [5, 5.41) is 8.04. The van der Waals surface area contributed by atoms with Crippen molar-refractivity contribution in [3.8, 4) is 0 Å². The van der Waals surface area contributed by atoms with Gasteiger partial charge >= 0.3 is 6.09 Å². The number of likely N-dealkylation sites (tertiary alicyclic amines) is 1. The number of piperidine rings is 1. The number of ether oxygens (including phenoxy) is 1. The van der Waals surface area contributed by atoms with E-state index in [1.807, 2.05) is 41.9 Å². The van der Waals surface area contributed by atoms with E-state index in [0.29, 0.717) is 25.7 Å². The van der Waals surface area contributed by atoms with E-state index >= 15 is 0 Å². The first-order valence-corrected chi connectivity index (χ1v) is 7.56. The van der Waals surface area contributed by atoms with Gasteiger partial charge in [0.15, 0.2) is 0 Å². The summed E-state index contributed by atoms with van der Waals surface area (Å²) >= 11 is 0. The fourth-order valence-corrected chi connectivity index (χ4v) is 2.76. The molecule has 6 heteroatoms. The second-order valence-electron chi connectivity index (χ2n) is 5.58. The summed E-state index contributed by atoms with van der Waals surface area (Å²) in [7, 11) is 0. The Bertz CT molecular complexity index is 618. The highest BCUT2D eigenvalue weighted by Gasteiger charge is 2.25. The maximum Gasteiger partial charge on any atom is 0.410 e. The van der Waals surface area contributed by atoms with Crippen LogP contribution in [0.2, 0.25) is 0 Å². The molecule has 1 fully saturated rings. The van der Waals surface area contributed by atoms with Crippen LogP contribution in [-0.2, 0) is 11.3 Å². The van der Waals surface area contributed by atoms with Crippen LogP contribution in [0, 0.1) is 6.92 Å². The van der Waals surface area contributed by atoms with Crippen molar-refractivity contribution in [1.82, 2.24) is 19.9 Å². The largest absolute Gasteiger partial charge is 0.445 e. The van der Waals surface area contributed by atoms with Gasteiger partial charge in [-0.1, -0.05) is 35.5 Å². The predicted octanol–water partition coefficient (Wildman–Crippen LogP) is 2.56. The Labute approximate surface area is 129 Å². The third-order valence-electron chi connectivity index (χ3n) is 4.03. The monoisotopic (exact) mass is 300 g/mol. The van der Waals surface area contributed by atoms with Gasteiger partial charge in [0, 0.05) is 13.1 Å². The smallest absolute Gasteiger partial charge is 0.410 e. The molecule has 116 valence electrons. The lowest BCUT2D eigenvalue weighted by Crippen LogP contribution is -2.39. The number of carbonyl (C=O) groups excluding carboxylic acids is 1. The Balaban J connectivity index is 1.49. The molecule has 1 saturated heterocycles. The molecule has 3 rings (SSSR count). The van der Waals surface area contributed by atoms with E-state index < -0.39 is 0 Å². The summed E-state index contributed by atoms with van der Waals surface area (Å²) in [6.45, 7) is 3.71. The van der Waals surface area contributed by atoms with Crippen LogP contribution in [-0.4, -0.2) is 39.1 Å².